The quantitative estimate of drug-likeness (QED) is 0.308. The summed E-state index contributed by atoms with van der Waals surface area (Å²) in [7, 11) is 0. The van der Waals surface area contributed by atoms with Crippen molar-refractivity contribution in [1.29, 1.82) is 0 Å². The van der Waals surface area contributed by atoms with Gasteiger partial charge in [0.15, 0.2) is 17.3 Å². The van der Waals surface area contributed by atoms with Crippen LogP contribution in [0.5, 0.6) is 11.5 Å². The number of anilines is 1. The van der Waals surface area contributed by atoms with E-state index in [1.165, 1.54) is 18.5 Å². The number of nitrogens with two attached hydrogens (primary N) is 2. The Kier molecular flexibility index (Phi) is 5.75. The van der Waals surface area contributed by atoms with Crippen molar-refractivity contribution in [3.05, 3.63) is 59.7 Å². The first-order valence-electron chi connectivity index (χ1n) is 10.8. The van der Waals surface area contributed by atoms with E-state index in [9.17, 15) is 17.6 Å². The maximum absolute atomic E-state index is 15.2. The molecule has 1 aliphatic rings. The van der Waals surface area contributed by atoms with Gasteiger partial charge < -0.3 is 16.2 Å². The van der Waals surface area contributed by atoms with Gasteiger partial charge in [0.05, 0.1) is 11.4 Å². The first kappa shape index (κ1) is 23.0. The van der Waals surface area contributed by atoms with Gasteiger partial charge in [-0.2, -0.15) is 13.9 Å². The predicted molar refractivity (Wildman–Crippen MR) is 117 cm³/mol. The molecule has 4 aromatic rings. The maximum Gasteiger partial charge on any atom is 0.204 e. The van der Waals surface area contributed by atoms with Gasteiger partial charge in [0.25, 0.3) is 0 Å². The summed E-state index contributed by atoms with van der Waals surface area (Å²) < 4.78 is 76.7. The number of benzene rings is 2. The molecule has 0 atom stereocenters. The zero-order chi connectivity index (χ0) is 24.9. The summed E-state index contributed by atoms with van der Waals surface area (Å²) in [6.45, 7) is 0. The van der Waals surface area contributed by atoms with Gasteiger partial charge in [0.1, 0.15) is 29.4 Å². The SMILES string of the molecule is Nc1ncnc2c1c(-c1ccc(Oc3c(F)c(F)cc(F)c3F)cc1F)nn2C1CCC(N)CC1. The number of hydrogen-bond donors (Lipinski definition) is 2. The Morgan fingerprint density at radius 1 is 0.886 bits per heavy atom. The molecule has 35 heavy (non-hydrogen) atoms. The van der Waals surface area contributed by atoms with Crippen molar-refractivity contribution >= 4 is 16.9 Å². The van der Waals surface area contributed by atoms with Gasteiger partial charge >= 0.3 is 0 Å². The highest BCUT2D eigenvalue weighted by molar-refractivity contribution is 5.98. The van der Waals surface area contributed by atoms with Gasteiger partial charge in [-0.05, 0) is 37.8 Å². The molecule has 5 rings (SSSR count). The smallest absolute Gasteiger partial charge is 0.204 e. The molecule has 4 N–H and O–H groups in total. The second-order valence-electron chi connectivity index (χ2n) is 8.36. The third-order valence-corrected chi connectivity index (χ3v) is 6.09. The molecule has 182 valence electrons. The van der Waals surface area contributed by atoms with Crippen molar-refractivity contribution in [3.63, 3.8) is 0 Å². The molecule has 0 spiro atoms. The number of halogens is 5. The average molecular weight is 490 g/mol. The fraction of sp³-hybridized carbons (Fsp3) is 0.261. The highest BCUT2D eigenvalue weighted by Gasteiger charge is 2.27. The van der Waals surface area contributed by atoms with E-state index >= 15 is 4.39 Å². The van der Waals surface area contributed by atoms with Crippen molar-refractivity contribution in [3.8, 4) is 22.8 Å². The highest BCUT2D eigenvalue weighted by Crippen LogP contribution is 2.38. The Balaban J connectivity index is 1.55. The van der Waals surface area contributed by atoms with E-state index in [0.717, 1.165) is 31.7 Å². The van der Waals surface area contributed by atoms with Crippen molar-refractivity contribution in [2.45, 2.75) is 37.8 Å². The van der Waals surface area contributed by atoms with Crippen LogP contribution in [0.4, 0.5) is 27.8 Å². The topological polar surface area (TPSA) is 105 Å². The van der Waals surface area contributed by atoms with Gasteiger partial charge in [-0.1, -0.05) is 0 Å². The van der Waals surface area contributed by atoms with E-state index in [-0.39, 0.29) is 41.0 Å². The van der Waals surface area contributed by atoms with Gasteiger partial charge in [0.2, 0.25) is 17.4 Å². The molecule has 2 aromatic carbocycles. The lowest BCUT2D eigenvalue weighted by Gasteiger charge is -2.26. The molecule has 0 saturated heterocycles. The maximum atomic E-state index is 15.2. The van der Waals surface area contributed by atoms with Crippen LogP contribution in [-0.4, -0.2) is 25.8 Å². The highest BCUT2D eigenvalue weighted by atomic mass is 19.2. The monoisotopic (exact) mass is 490 g/mol. The molecule has 1 saturated carbocycles. The third-order valence-electron chi connectivity index (χ3n) is 6.09. The van der Waals surface area contributed by atoms with Crippen LogP contribution in [0.3, 0.4) is 0 Å². The minimum absolute atomic E-state index is 0.00137. The number of hydrogen-bond acceptors (Lipinski definition) is 6. The molecule has 2 heterocycles. The second-order valence-corrected chi connectivity index (χ2v) is 8.36. The van der Waals surface area contributed by atoms with Gasteiger partial charge in [-0.25, -0.2) is 27.8 Å². The van der Waals surface area contributed by atoms with Crippen LogP contribution < -0.4 is 16.2 Å². The van der Waals surface area contributed by atoms with Crippen LogP contribution in [0.1, 0.15) is 31.7 Å². The minimum Gasteiger partial charge on any atom is -0.451 e. The van der Waals surface area contributed by atoms with E-state index in [1.54, 1.807) is 4.68 Å². The Bertz CT molecular complexity index is 1410. The van der Waals surface area contributed by atoms with Crippen molar-refractivity contribution in [2.75, 3.05) is 5.73 Å². The lowest BCUT2D eigenvalue weighted by Crippen LogP contribution is -2.28. The van der Waals surface area contributed by atoms with Crippen LogP contribution in [0, 0.1) is 29.1 Å². The molecular weight excluding hydrogens is 471 g/mol. The molecule has 12 heteroatoms. The zero-order valence-electron chi connectivity index (χ0n) is 18.1. The van der Waals surface area contributed by atoms with E-state index < -0.39 is 34.8 Å². The molecule has 0 amide bonds. The van der Waals surface area contributed by atoms with Crippen LogP contribution >= 0.6 is 0 Å². The van der Waals surface area contributed by atoms with E-state index in [1.807, 2.05) is 0 Å². The van der Waals surface area contributed by atoms with Crippen LogP contribution in [-0.2, 0) is 0 Å². The Hall–Kier alpha value is -3.80. The number of nitrogens with zero attached hydrogens (tertiary/aromatic N) is 4. The van der Waals surface area contributed by atoms with Crippen LogP contribution in [0.2, 0.25) is 0 Å². The van der Waals surface area contributed by atoms with E-state index in [4.69, 9.17) is 16.2 Å². The molecule has 1 fully saturated rings. The average Bonchev–Trinajstić information content (AvgIpc) is 3.22. The minimum atomic E-state index is -1.74. The molecule has 2 aromatic heterocycles. The number of aromatic nitrogens is 4. The molecule has 1 aliphatic carbocycles. The van der Waals surface area contributed by atoms with Gasteiger partial charge in [0, 0.05) is 23.7 Å². The van der Waals surface area contributed by atoms with Crippen molar-refractivity contribution < 1.29 is 26.7 Å². The van der Waals surface area contributed by atoms with Crippen molar-refractivity contribution in [2.24, 2.45) is 5.73 Å². The molecular formula is C23H19F5N6O. The Morgan fingerprint density at radius 2 is 1.57 bits per heavy atom. The summed E-state index contributed by atoms with van der Waals surface area (Å²) in [4.78, 5) is 8.29. The van der Waals surface area contributed by atoms with E-state index in [0.29, 0.717) is 11.0 Å². The van der Waals surface area contributed by atoms with Gasteiger partial charge in [-0.15, -0.1) is 0 Å². The fourth-order valence-corrected chi connectivity index (χ4v) is 4.29. The normalized spacial score (nSPS) is 18.2. The molecule has 0 bridgehead atoms. The predicted octanol–water partition coefficient (Wildman–Crippen LogP) is 5.01. The first-order valence-corrected chi connectivity index (χ1v) is 10.8. The molecule has 7 nitrogen and oxygen atoms in total. The van der Waals surface area contributed by atoms with Crippen LogP contribution in [0.15, 0.2) is 30.6 Å². The summed E-state index contributed by atoms with van der Waals surface area (Å²) >= 11 is 0. The summed E-state index contributed by atoms with van der Waals surface area (Å²) in [5.74, 6) is -9.26. The van der Waals surface area contributed by atoms with Gasteiger partial charge in [-0.3, -0.25) is 0 Å². The first-order chi connectivity index (χ1) is 16.7. The second kappa shape index (κ2) is 8.77. The summed E-state index contributed by atoms with van der Waals surface area (Å²) in [5, 5.41) is 4.93. The number of rotatable bonds is 4. The zero-order valence-corrected chi connectivity index (χ0v) is 18.1. The summed E-state index contributed by atoms with van der Waals surface area (Å²) in [6.07, 6.45) is 4.42. The summed E-state index contributed by atoms with van der Waals surface area (Å²) in [5.41, 5.74) is 12.7. The molecule has 0 radical (unpaired) electrons. The number of fused-ring (bicyclic) bond motifs is 1. The van der Waals surface area contributed by atoms with Crippen molar-refractivity contribution in [1.82, 2.24) is 19.7 Å². The Morgan fingerprint density at radius 3 is 2.23 bits per heavy atom. The largest absolute Gasteiger partial charge is 0.451 e. The van der Waals surface area contributed by atoms with Crippen LogP contribution in [0.25, 0.3) is 22.3 Å². The number of ether oxygens (including phenoxy) is 1. The fourth-order valence-electron chi connectivity index (χ4n) is 4.29. The molecule has 0 unspecified atom stereocenters. The third kappa shape index (κ3) is 4.03. The standard InChI is InChI=1S/C23H19F5N6O/c24-14-7-12(35-21-18(27)15(25)8-16(26)19(21)28)5-6-13(14)20-17-22(30)31-9-32-23(17)34(33-20)11-3-1-10(29)2-4-11/h5-11H,1-4,29H2,(H2,30,31,32). The summed E-state index contributed by atoms with van der Waals surface area (Å²) in [6, 6.07) is 3.41. The van der Waals surface area contributed by atoms with E-state index in [2.05, 4.69) is 15.1 Å². The molecule has 0 aliphatic heterocycles. The lowest BCUT2D eigenvalue weighted by atomic mass is 9.92. The number of nitrogen functional groups attached to an aromatic ring is 1. The Labute approximate surface area is 195 Å². The lowest BCUT2D eigenvalue weighted by molar-refractivity contribution is 0.310.